The number of ketones is 1. The molecule has 4 rings (SSSR count). The summed E-state index contributed by atoms with van der Waals surface area (Å²) in [7, 11) is 0. The van der Waals surface area contributed by atoms with Gasteiger partial charge < -0.3 is 14.4 Å². The van der Waals surface area contributed by atoms with E-state index in [0.29, 0.717) is 17.7 Å². The highest BCUT2D eigenvalue weighted by molar-refractivity contribution is 6.12. The van der Waals surface area contributed by atoms with Gasteiger partial charge >= 0.3 is 5.97 Å². The second-order valence-corrected chi connectivity index (χ2v) is 10.6. The minimum Gasteiger partial charge on any atom is -0.490 e. The van der Waals surface area contributed by atoms with Crippen LogP contribution in [-0.2, 0) is 14.3 Å². The number of anilines is 1. The molecule has 2 atom stereocenters. The summed E-state index contributed by atoms with van der Waals surface area (Å²) in [5, 5.41) is 0. The molecule has 0 aromatic heterocycles. The topological polar surface area (TPSA) is 68.2 Å². The van der Waals surface area contributed by atoms with Gasteiger partial charge in [-0.3, -0.25) is 9.79 Å². The van der Waals surface area contributed by atoms with Crippen LogP contribution in [0.5, 0.6) is 5.75 Å². The van der Waals surface area contributed by atoms with Crippen molar-refractivity contribution in [3.05, 3.63) is 71.4 Å². The number of carbonyl (C=O) groups excluding carboxylic acids is 2. The summed E-state index contributed by atoms with van der Waals surface area (Å²) in [4.78, 5) is 34.0. The predicted molar refractivity (Wildman–Crippen MR) is 147 cm³/mol. The highest BCUT2D eigenvalue weighted by Crippen LogP contribution is 2.47. The van der Waals surface area contributed by atoms with Crippen molar-refractivity contribution >= 4 is 23.2 Å². The number of allylic oxidation sites excluding steroid dienone is 1. The molecule has 0 N–H and O–H groups in total. The molecule has 2 aromatic rings. The van der Waals surface area contributed by atoms with Gasteiger partial charge in [0.1, 0.15) is 24.7 Å². The third-order valence-electron chi connectivity index (χ3n) is 7.29. The van der Waals surface area contributed by atoms with Gasteiger partial charge in [0, 0.05) is 42.5 Å². The van der Waals surface area contributed by atoms with Gasteiger partial charge in [-0.05, 0) is 62.4 Å². The zero-order valence-corrected chi connectivity index (χ0v) is 22.6. The standard InChI is InChI=1S/C31H38N2O4/c1-6-33(7-2)23-15-13-22(14-16-23)28-27(30(35)37-18-17-36-24-11-9-8-10-12-24)21(3)32-25-19-31(4,5)20-26(34)29(25)28/h8-16,28-29H,6-7,17-20H2,1-5H3. The fourth-order valence-corrected chi connectivity index (χ4v) is 5.59. The average Bonchev–Trinajstić information content (AvgIpc) is 2.86. The number of rotatable bonds is 9. The molecule has 1 heterocycles. The quantitative estimate of drug-likeness (QED) is 0.312. The van der Waals surface area contributed by atoms with Crippen LogP contribution in [0.4, 0.5) is 5.69 Å². The van der Waals surface area contributed by atoms with Crippen molar-refractivity contribution in [3.8, 4) is 5.75 Å². The lowest BCUT2D eigenvalue weighted by Crippen LogP contribution is -2.44. The molecule has 0 amide bonds. The maximum absolute atomic E-state index is 13.5. The Morgan fingerprint density at radius 3 is 2.30 bits per heavy atom. The average molecular weight is 503 g/mol. The second kappa shape index (κ2) is 11.3. The van der Waals surface area contributed by atoms with Gasteiger partial charge in [0.15, 0.2) is 0 Å². The molecule has 0 spiro atoms. The molecule has 2 unspecified atom stereocenters. The Balaban J connectivity index is 1.62. The van der Waals surface area contributed by atoms with E-state index in [1.54, 1.807) is 0 Å². The van der Waals surface area contributed by atoms with Gasteiger partial charge in [0.2, 0.25) is 0 Å². The van der Waals surface area contributed by atoms with E-state index in [-0.39, 0.29) is 24.4 Å². The number of aliphatic imine (C=N–C) groups is 1. The van der Waals surface area contributed by atoms with Gasteiger partial charge in [-0.25, -0.2) is 4.79 Å². The Kier molecular flexibility index (Phi) is 8.16. The van der Waals surface area contributed by atoms with E-state index in [9.17, 15) is 9.59 Å². The van der Waals surface area contributed by atoms with Crippen molar-refractivity contribution < 1.29 is 19.1 Å². The largest absolute Gasteiger partial charge is 0.490 e. The van der Waals surface area contributed by atoms with Gasteiger partial charge in [0.05, 0.1) is 11.5 Å². The Morgan fingerprint density at radius 2 is 1.65 bits per heavy atom. The van der Waals surface area contributed by atoms with Gasteiger partial charge in [0.25, 0.3) is 0 Å². The number of fused-ring (bicyclic) bond motifs is 1. The van der Waals surface area contributed by atoms with Crippen LogP contribution < -0.4 is 9.64 Å². The predicted octanol–water partition coefficient (Wildman–Crippen LogP) is 5.97. The number of benzene rings is 2. The van der Waals surface area contributed by atoms with E-state index in [4.69, 9.17) is 14.5 Å². The lowest BCUT2D eigenvalue weighted by atomic mass is 9.63. The van der Waals surface area contributed by atoms with Crippen LogP contribution in [0.25, 0.3) is 0 Å². The molecule has 1 fully saturated rings. The van der Waals surface area contributed by atoms with Crippen LogP contribution in [0.2, 0.25) is 0 Å². The summed E-state index contributed by atoms with van der Waals surface area (Å²) >= 11 is 0. The third-order valence-corrected chi connectivity index (χ3v) is 7.29. The lowest BCUT2D eigenvalue weighted by molar-refractivity contribution is -0.140. The SMILES string of the molecule is CCN(CC)c1ccc(C2C(C(=O)OCCOc3ccccc3)=C(C)N=C3CC(C)(C)CC(=O)C32)cc1. The minimum absolute atomic E-state index is 0.111. The summed E-state index contributed by atoms with van der Waals surface area (Å²) < 4.78 is 11.4. The van der Waals surface area contributed by atoms with Crippen LogP contribution in [0.3, 0.4) is 0 Å². The Bertz CT molecular complexity index is 1180. The zero-order chi connectivity index (χ0) is 26.6. The van der Waals surface area contributed by atoms with Crippen LogP contribution in [-0.4, -0.2) is 43.8 Å². The minimum atomic E-state index is -0.445. The maximum Gasteiger partial charge on any atom is 0.336 e. The first-order chi connectivity index (χ1) is 17.7. The Hall–Kier alpha value is -3.41. The van der Waals surface area contributed by atoms with Crippen LogP contribution in [0.15, 0.2) is 70.9 Å². The van der Waals surface area contributed by atoms with E-state index in [2.05, 4.69) is 44.7 Å². The number of nitrogens with zero attached hydrogens (tertiary/aromatic N) is 2. The van der Waals surface area contributed by atoms with E-state index in [1.807, 2.05) is 49.4 Å². The van der Waals surface area contributed by atoms with Crippen molar-refractivity contribution in [1.82, 2.24) is 0 Å². The first-order valence-electron chi connectivity index (χ1n) is 13.2. The number of carbonyl (C=O) groups is 2. The van der Waals surface area contributed by atoms with E-state index >= 15 is 0 Å². The number of esters is 1. The summed E-state index contributed by atoms with van der Waals surface area (Å²) in [6.45, 7) is 12.5. The Labute approximate surface area is 220 Å². The smallest absolute Gasteiger partial charge is 0.336 e. The molecule has 1 aliphatic heterocycles. The fourth-order valence-electron chi connectivity index (χ4n) is 5.59. The molecule has 0 bridgehead atoms. The number of Topliss-reactive ketones (excluding diaryl/α,β-unsaturated/α-hetero) is 1. The highest BCUT2D eigenvalue weighted by Gasteiger charge is 2.47. The zero-order valence-electron chi connectivity index (χ0n) is 22.6. The van der Waals surface area contributed by atoms with Gasteiger partial charge in [-0.2, -0.15) is 0 Å². The molecule has 2 aliphatic rings. The van der Waals surface area contributed by atoms with E-state index < -0.39 is 17.8 Å². The van der Waals surface area contributed by atoms with Crippen molar-refractivity contribution in [2.45, 2.75) is 53.4 Å². The molecule has 6 nitrogen and oxygen atoms in total. The first-order valence-corrected chi connectivity index (χ1v) is 13.2. The van der Waals surface area contributed by atoms with E-state index in [1.165, 1.54) is 0 Å². The molecule has 1 saturated carbocycles. The number of hydrogen-bond acceptors (Lipinski definition) is 6. The third kappa shape index (κ3) is 5.95. The maximum atomic E-state index is 13.5. The van der Waals surface area contributed by atoms with E-state index in [0.717, 1.165) is 42.2 Å². The molecule has 2 aromatic carbocycles. The van der Waals surface area contributed by atoms with Crippen LogP contribution >= 0.6 is 0 Å². The van der Waals surface area contributed by atoms with Gasteiger partial charge in [-0.15, -0.1) is 0 Å². The molecule has 37 heavy (non-hydrogen) atoms. The normalized spacial score (nSPS) is 20.7. The summed E-state index contributed by atoms with van der Waals surface area (Å²) in [6.07, 6.45) is 1.21. The second-order valence-electron chi connectivity index (χ2n) is 10.6. The fraction of sp³-hybridized carbons (Fsp3) is 0.452. The molecule has 196 valence electrons. The van der Waals surface area contributed by atoms with Gasteiger partial charge in [-0.1, -0.05) is 44.2 Å². The summed E-state index contributed by atoms with van der Waals surface area (Å²) in [6, 6.07) is 17.7. The molecule has 6 heteroatoms. The molecule has 1 aliphatic carbocycles. The number of hydrogen-bond donors (Lipinski definition) is 0. The number of ether oxygens (including phenoxy) is 2. The van der Waals surface area contributed by atoms with Crippen molar-refractivity contribution in [3.63, 3.8) is 0 Å². The first kappa shape index (κ1) is 26.6. The molecular formula is C31H38N2O4. The molecule has 0 radical (unpaired) electrons. The molecule has 0 saturated heterocycles. The monoisotopic (exact) mass is 502 g/mol. The summed E-state index contributed by atoms with van der Waals surface area (Å²) in [5.74, 6) is -0.434. The van der Waals surface area contributed by atoms with Crippen molar-refractivity contribution in [1.29, 1.82) is 0 Å². The highest BCUT2D eigenvalue weighted by atomic mass is 16.6. The molecular weight excluding hydrogens is 464 g/mol. The Morgan fingerprint density at radius 1 is 0.973 bits per heavy atom. The number of para-hydroxylation sites is 1. The summed E-state index contributed by atoms with van der Waals surface area (Å²) in [5.41, 5.74) is 3.89. The van der Waals surface area contributed by atoms with Crippen LogP contribution in [0.1, 0.15) is 58.9 Å². The van der Waals surface area contributed by atoms with Crippen LogP contribution in [0, 0.1) is 11.3 Å². The lowest BCUT2D eigenvalue weighted by Gasteiger charge is -2.41. The van der Waals surface area contributed by atoms with Crippen molar-refractivity contribution in [2.75, 3.05) is 31.2 Å². The van der Waals surface area contributed by atoms with Crippen molar-refractivity contribution in [2.24, 2.45) is 16.3 Å².